The third kappa shape index (κ3) is 4.06. The first-order chi connectivity index (χ1) is 14.4. The van der Waals surface area contributed by atoms with Crippen molar-refractivity contribution in [2.24, 2.45) is 23.2 Å². The van der Waals surface area contributed by atoms with Gasteiger partial charge in [0, 0.05) is 11.4 Å². The van der Waals surface area contributed by atoms with E-state index < -0.39 is 11.9 Å². The molecule has 4 aliphatic rings. The maximum absolute atomic E-state index is 13.3. The molecule has 1 aromatic carbocycles. The van der Waals surface area contributed by atoms with Gasteiger partial charge in [-0.05, 0) is 74.5 Å². The third-order valence-electron chi connectivity index (χ3n) is 6.79. The normalized spacial score (nSPS) is 29.3. The fraction of sp³-hybridized carbons (Fsp3) is 0.522. The number of benzene rings is 1. The molecule has 7 heteroatoms. The lowest BCUT2D eigenvalue weighted by Gasteiger charge is -2.55. The Bertz CT molecular complexity index is 856. The van der Waals surface area contributed by atoms with E-state index in [1.54, 1.807) is 18.2 Å². The Hall–Kier alpha value is -2.83. The topological polar surface area (TPSA) is 93.7 Å². The standard InChI is InChI=1S/C23H28N2O5/c1-29-20(26)10-19(21(27)30-2)24-17-4-3-5-18(9-17)25-22(28)23-11-14-6-15(12-23)8-16(7-14)13-23/h3-5,9-10,14-16,24H,6-8,11-13H2,1-2H3,(H,25,28)/b19-10+. The van der Waals surface area contributed by atoms with Crippen LogP contribution in [-0.4, -0.2) is 32.1 Å². The molecular weight excluding hydrogens is 384 g/mol. The van der Waals surface area contributed by atoms with Crippen LogP contribution < -0.4 is 10.6 Å². The Morgan fingerprint density at radius 2 is 1.50 bits per heavy atom. The lowest BCUT2D eigenvalue weighted by Crippen LogP contribution is -2.51. The molecule has 2 N–H and O–H groups in total. The summed E-state index contributed by atoms with van der Waals surface area (Å²) < 4.78 is 9.30. The maximum atomic E-state index is 13.3. The number of esters is 2. The van der Waals surface area contributed by atoms with E-state index in [1.807, 2.05) is 6.07 Å². The second-order valence-corrected chi connectivity index (χ2v) is 8.93. The highest BCUT2D eigenvalue weighted by Gasteiger charge is 2.54. The zero-order valence-electron chi connectivity index (χ0n) is 17.4. The minimum atomic E-state index is -0.691. The zero-order chi connectivity index (χ0) is 21.3. The summed E-state index contributed by atoms with van der Waals surface area (Å²) in [6, 6.07) is 7.09. The number of carbonyl (C=O) groups excluding carboxylic acids is 3. The van der Waals surface area contributed by atoms with E-state index >= 15 is 0 Å². The number of ether oxygens (including phenoxy) is 2. The summed E-state index contributed by atoms with van der Waals surface area (Å²) >= 11 is 0. The highest BCUT2D eigenvalue weighted by molar-refractivity contribution is 5.99. The largest absolute Gasteiger partial charge is 0.466 e. The van der Waals surface area contributed by atoms with Crippen LogP contribution in [0.5, 0.6) is 0 Å². The molecule has 4 fully saturated rings. The highest BCUT2D eigenvalue weighted by atomic mass is 16.5. The van der Waals surface area contributed by atoms with Crippen LogP contribution in [0.25, 0.3) is 0 Å². The van der Waals surface area contributed by atoms with Gasteiger partial charge in [-0.15, -0.1) is 0 Å². The van der Waals surface area contributed by atoms with Crippen LogP contribution in [0.15, 0.2) is 36.0 Å². The Morgan fingerprint density at radius 3 is 2.03 bits per heavy atom. The quantitative estimate of drug-likeness (QED) is 0.549. The summed E-state index contributed by atoms with van der Waals surface area (Å²) in [5.74, 6) is 0.831. The summed E-state index contributed by atoms with van der Waals surface area (Å²) in [4.78, 5) is 36.8. The molecule has 0 atom stereocenters. The monoisotopic (exact) mass is 412 g/mol. The Balaban J connectivity index is 1.48. The SMILES string of the molecule is COC(=O)/C=C(/Nc1cccc(NC(=O)C23CC4CC(CC(C4)C2)C3)c1)C(=O)OC. The molecule has 160 valence electrons. The molecule has 4 aliphatic carbocycles. The van der Waals surface area contributed by atoms with Gasteiger partial charge >= 0.3 is 11.9 Å². The van der Waals surface area contributed by atoms with E-state index in [1.165, 1.54) is 33.5 Å². The molecule has 4 bridgehead atoms. The number of anilines is 2. The lowest BCUT2D eigenvalue weighted by molar-refractivity contribution is -0.140. The van der Waals surface area contributed by atoms with Gasteiger partial charge in [0.15, 0.2) is 0 Å². The summed E-state index contributed by atoms with van der Waals surface area (Å²) in [5, 5.41) is 5.98. The second-order valence-electron chi connectivity index (χ2n) is 8.93. The number of methoxy groups -OCH3 is 2. The van der Waals surface area contributed by atoms with Crippen LogP contribution in [0.2, 0.25) is 0 Å². The Morgan fingerprint density at radius 1 is 0.933 bits per heavy atom. The molecule has 7 nitrogen and oxygen atoms in total. The molecule has 0 spiro atoms. The van der Waals surface area contributed by atoms with Crippen molar-refractivity contribution < 1.29 is 23.9 Å². The average molecular weight is 412 g/mol. The van der Waals surface area contributed by atoms with Gasteiger partial charge in [-0.1, -0.05) is 6.07 Å². The molecule has 1 amide bonds. The fourth-order valence-electron chi connectivity index (χ4n) is 5.92. The van der Waals surface area contributed by atoms with Crippen molar-refractivity contribution in [1.29, 1.82) is 0 Å². The van der Waals surface area contributed by atoms with Crippen molar-refractivity contribution in [3.63, 3.8) is 0 Å². The molecule has 1 aromatic rings. The van der Waals surface area contributed by atoms with Crippen LogP contribution in [0.4, 0.5) is 11.4 Å². The first kappa shape index (κ1) is 20.4. The van der Waals surface area contributed by atoms with Crippen LogP contribution in [0.1, 0.15) is 38.5 Å². The molecule has 0 unspecified atom stereocenters. The smallest absolute Gasteiger partial charge is 0.354 e. The van der Waals surface area contributed by atoms with Gasteiger partial charge in [-0.2, -0.15) is 0 Å². The van der Waals surface area contributed by atoms with Gasteiger partial charge in [0.25, 0.3) is 0 Å². The van der Waals surface area contributed by atoms with E-state index in [2.05, 4.69) is 15.4 Å². The van der Waals surface area contributed by atoms with Gasteiger partial charge in [0.2, 0.25) is 5.91 Å². The van der Waals surface area contributed by atoms with E-state index in [4.69, 9.17) is 4.74 Å². The number of nitrogens with one attached hydrogen (secondary N) is 2. The molecule has 30 heavy (non-hydrogen) atoms. The van der Waals surface area contributed by atoms with Crippen molar-refractivity contribution in [2.45, 2.75) is 38.5 Å². The van der Waals surface area contributed by atoms with Gasteiger partial charge in [0.1, 0.15) is 5.70 Å². The van der Waals surface area contributed by atoms with Crippen molar-refractivity contribution in [1.82, 2.24) is 0 Å². The van der Waals surface area contributed by atoms with Crippen molar-refractivity contribution in [3.05, 3.63) is 36.0 Å². The van der Waals surface area contributed by atoms with Crippen molar-refractivity contribution in [3.8, 4) is 0 Å². The highest BCUT2D eigenvalue weighted by Crippen LogP contribution is 2.60. The Labute approximate surface area is 176 Å². The van der Waals surface area contributed by atoms with E-state index in [0.717, 1.165) is 25.3 Å². The predicted octanol–water partition coefficient (Wildman–Crippen LogP) is 3.48. The number of amides is 1. The first-order valence-corrected chi connectivity index (χ1v) is 10.5. The van der Waals surface area contributed by atoms with Crippen molar-refractivity contribution in [2.75, 3.05) is 24.9 Å². The van der Waals surface area contributed by atoms with Gasteiger partial charge in [-0.25, -0.2) is 9.59 Å². The van der Waals surface area contributed by atoms with E-state index in [9.17, 15) is 14.4 Å². The van der Waals surface area contributed by atoms with Gasteiger partial charge in [-0.3, -0.25) is 4.79 Å². The summed E-state index contributed by atoms with van der Waals surface area (Å²) in [6.45, 7) is 0. The molecular formula is C23H28N2O5. The molecule has 0 aromatic heterocycles. The van der Waals surface area contributed by atoms with Crippen LogP contribution >= 0.6 is 0 Å². The zero-order valence-corrected chi connectivity index (χ0v) is 17.4. The van der Waals surface area contributed by atoms with Gasteiger partial charge < -0.3 is 20.1 Å². The predicted molar refractivity (Wildman–Crippen MR) is 111 cm³/mol. The Kier molecular flexibility index (Phi) is 5.54. The molecule has 0 heterocycles. The number of carbonyl (C=O) groups is 3. The molecule has 4 saturated carbocycles. The lowest BCUT2D eigenvalue weighted by atomic mass is 9.49. The molecule has 0 saturated heterocycles. The second kappa shape index (κ2) is 8.13. The maximum Gasteiger partial charge on any atom is 0.354 e. The van der Waals surface area contributed by atoms with Crippen LogP contribution in [-0.2, 0) is 23.9 Å². The first-order valence-electron chi connectivity index (χ1n) is 10.5. The number of rotatable bonds is 6. The van der Waals surface area contributed by atoms with Gasteiger partial charge in [0.05, 0.1) is 25.7 Å². The third-order valence-corrected chi connectivity index (χ3v) is 6.79. The average Bonchev–Trinajstić information content (AvgIpc) is 2.71. The minimum Gasteiger partial charge on any atom is -0.466 e. The summed E-state index contributed by atoms with van der Waals surface area (Å²) in [5.41, 5.74) is 0.927. The molecule has 0 radical (unpaired) electrons. The molecule has 5 rings (SSSR count). The van der Waals surface area contributed by atoms with Crippen LogP contribution in [0.3, 0.4) is 0 Å². The van der Waals surface area contributed by atoms with E-state index in [0.29, 0.717) is 29.1 Å². The minimum absolute atomic E-state index is 0.0473. The summed E-state index contributed by atoms with van der Waals surface area (Å²) in [6.07, 6.45) is 7.89. The van der Waals surface area contributed by atoms with E-state index in [-0.39, 0.29) is 17.0 Å². The summed E-state index contributed by atoms with van der Waals surface area (Å²) in [7, 11) is 2.46. The van der Waals surface area contributed by atoms with Crippen LogP contribution in [0, 0.1) is 23.2 Å². The number of hydrogen-bond acceptors (Lipinski definition) is 6. The number of hydrogen-bond donors (Lipinski definition) is 2. The van der Waals surface area contributed by atoms with Crippen molar-refractivity contribution >= 4 is 29.2 Å². The fourth-order valence-corrected chi connectivity index (χ4v) is 5.92. The molecule has 0 aliphatic heterocycles.